The maximum absolute atomic E-state index is 6.33. The van der Waals surface area contributed by atoms with E-state index in [9.17, 15) is 0 Å². The predicted molar refractivity (Wildman–Crippen MR) is 89.8 cm³/mol. The van der Waals surface area contributed by atoms with E-state index in [1.165, 1.54) is 6.42 Å². The van der Waals surface area contributed by atoms with Crippen LogP contribution in [0.2, 0.25) is 0 Å². The molecular formula is C19H29NO4. The summed E-state index contributed by atoms with van der Waals surface area (Å²) in [6.45, 7) is 5.40. The smallest absolute Gasteiger partial charge is 0.117 e. The van der Waals surface area contributed by atoms with Gasteiger partial charge in [0.1, 0.15) is 5.76 Å². The molecular weight excluding hydrogens is 306 g/mol. The zero-order valence-corrected chi connectivity index (χ0v) is 14.4. The van der Waals surface area contributed by atoms with Gasteiger partial charge in [-0.1, -0.05) is 0 Å². The van der Waals surface area contributed by atoms with Gasteiger partial charge in [-0.15, -0.1) is 0 Å². The van der Waals surface area contributed by atoms with Crippen LogP contribution in [0.25, 0.3) is 0 Å². The highest BCUT2D eigenvalue weighted by atomic mass is 16.5. The number of hydrogen-bond acceptors (Lipinski definition) is 5. The fourth-order valence-electron chi connectivity index (χ4n) is 4.29. The minimum Gasteiger partial charge on any atom is -0.468 e. The molecule has 5 heteroatoms. The maximum Gasteiger partial charge on any atom is 0.117 e. The third-order valence-electron chi connectivity index (χ3n) is 5.69. The second kappa shape index (κ2) is 8.00. The molecule has 0 aromatic carbocycles. The van der Waals surface area contributed by atoms with Crippen LogP contribution in [0.15, 0.2) is 22.8 Å². The van der Waals surface area contributed by atoms with E-state index >= 15 is 0 Å². The van der Waals surface area contributed by atoms with Gasteiger partial charge in [-0.25, -0.2) is 0 Å². The fourth-order valence-corrected chi connectivity index (χ4v) is 4.29. The van der Waals surface area contributed by atoms with E-state index in [0.29, 0.717) is 18.1 Å². The number of fused-ring (bicyclic) bond motifs is 1. The lowest BCUT2D eigenvalue weighted by atomic mass is 9.99. The van der Waals surface area contributed by atoms with Gasteiger partial charge in [-0.05, 0) is 50.2 Å². The minimum absolute atomic E-state index is 0.273. The molecule has 24 heavy (non-hydrogen) atoms. The van der Waals surface area contributed by atoms with Gasteiger partial charge in [0.05, 0.1) is 31.6 Å². The molecule has 4 rings (SSSR count). The summed E-state index contributed by atoms with van der Waals surface area (Å²) in [5, 5.41) is 0. The van der Waals surface area contributed by atoms with Crippen molar-refractivity contribution < 1.29 is 18.6 Å². The summed E-state index contributed by atoms with van der Waals surface area (Å²) in [6.07, 6.45) is 8.10. The predicted octanol–water partition coefficient (Wildman–Crippen LogP) is 2.84. The van der Waals surface area contributed by atoms with Crippen molar-refractivity contribution in [3.05, 3.63) is 24.2 Å². The van der Waals surface area contributed by atoms with E-state index in [-0.39, 0.29) is 6.10 Å². The molecule has 1 aromatic heterocycles. The standard InChI is InChI=1S/C19H29NO4/c1-2-16(23-9-1)12-20-8-5-19-18(20)4-3-17(24-19)14-22-13-15-6-10-21-11-7-15/h1-2,9,15,17-19H,3-8,10-14H2/t17-,18+,19+/m0/s1. The van der Waals surface area contributed by atoms with Crippen LogP contribution in [0.4, 0.5) is 0 Å². The Kier molecular flexibility index (Phi) is 5.53. The lowest BCUT2D eigenvalue weighted by Gasteiger charge is -2.36. The molecule has 3 aliphatic heterocycles. The molecule has 134 valence electrons. The van der Waals surface area contributed by atoms with E-state index in [0.717, 1.165) is 71.0 Å². The Labute approximate surface area is 144 Å². The molecule has 0 saturated carbocycles. The fraction of sp³-hybridized carbons (Fsp3) is 0.789. The molecule has 3 fully saturated rings. The van der Waals surface area contributed by atoms with Crippen molar-refractivity contribution in [3.8, 4) is 0 Å². The summed E-state index contributed by atoms with van der Waals surface area (Å²) in [5.74, 6) is 1.72. The highest BCUT2D eigenvalue weighted by molar-refractivity contribution is 5.01. The zero-order valence-electron chi connectivity index (χ0n) is 14.4. The highest BCUT2D eigenvalue weighted by Crippen LogP contribution is 2.32. The lowest BCUT2D eigenvalue weighted by molar-refractivity contribution is -0.105. The molecule has 5 nitrogen and oxygen atoms in total. The maximum atomic E-state index is 6.33. The number of furan rings is 1. The van der Waals surface area contributed by atoms with Gasteiger partial charge in [0.15, 0.2) is 0 Å². The summed E-state index contributed by atoms with van der Waals surface area (Å²) in [5.41, 5.74) is 0. The van der Waals surface area contributed by atoms with Crippen LogP contribution >= 0.6 is 0 Å². The SMILES string of the molecule is c1coc(CN2CC[C@H]3O[C@H](COCC4CCOCC4)CC[C@H]32)c1. The van der Waals surface area contributed by atoms with Gasteiger partial charge in [0, 0.05) is 32.4 Å². The van der Waals surface area contributed by atoms with Crippen LogP contribution in [0, 0.1) is 5.92 Å². The number of ether oxygens (including phenoxy) is 3. The molecule has 4 heterocycles. The summed E-state index contributed by atoms with van der Waals surface area (Å²) in [7, 11) is 0. The van der Waals surface area contributed by atoms with E-state index in [2.05, 4.69) is 11.0 Å². The Hall–Kier alpha value is -0.880. The number of hydrogen-bond donors (Lipinski definition) is 0. The third-order valence-corrected chi connectivity index (χ3v) is 5.69. The second-order valence-corrected chi connectivity index (χ2v) is 7.37. The molecule has 0 spiro atoms. The lowest BCUT2D eigenvalue weighted by Crippen LogP contribution is -2.43. The summed E-state index contributed by atoms with van der Waals surface area (Å²) in [4.78, 5) is 2.52. The molecule has 0 bridgehead atoms. The van der Waals surface area contributed by atoms with Crippen molar-refractivity contribution in [2.45, 2.75) is 56.9 Å². The largest absolute Gasteiger partial charge is 0.468 e. The van der Waals surface area contributed by atoms with E-state index in [4.69, 9.17) is 18.6 Å². The molecule has 0 radical (unpaired) electrons. The van der Waals surface area contributed by atoms with Crippen LogP contribution in [0.3, 0.4) is 0 Å². The van der Waals surface area contributed by atoms with E-state index in [1.54, 1.807) is 6.26 Å². The molecule has 3 aliphatic rings. The average Bonchev–Trinajstić information content (AvgIpc) is 3.26. The zero-order chi connectivity index (χ0) is 16.2. The Bertz CT molecular complexity index is 486. The van der Waals surface area contributed by atoms with E-state index < -0.39 is 0 Å². The van der Waals surface area contributed by atoms with Crippen molar-refractivity contribution in [1.29, 1.82) is 0 Å². The van der Waals surface area contributed by atoms with Crippen LogP contribution in [0.5, 0.6) is 0 Å². The first kappa shape index (κ1) is 16.6. The van der Waals surface area contributed by atoms with E-state index in [1.807, 2.05) is 6.07 Å². The number of nitrogens with zero attached hydrogens (tertiary/aromatic N) is 1. The Morgan fingerprint density at radius 1 is 1.08 bits per heavy atom. The molecule has 1 aromatic rings. The molecule has 3 saturated heterocycles. The topological polar surface area (TPSA) is 44.1 Å². The van der Waals surface area contributed by atoms with Gasteiger partial charge in [0.2, 0.25) is 0 Å². The van der Waals surface area contributed by atoms with Gasteiger partial charge >= 0.3 is 0 Å². The van der Waals surface area contributed by atoms with Crippen molar-refractivity contribution in [1.82, 2.24) is 4.90 Å². The molecule has 0 aliphatic carbocycles. The van der Waals surface area contributed by atoms with Gasteiger partial charge in [0.25, 0.3) is 0 Å². The van der Waals surface area contributed by atoms with Gasteiger partial charge in [-0.2, -0.15) is 0 Å². The first-order chi connectivity index (χ1) is 11.9. The summed E-state index contributed by atoms with van der Waals surface area (Å²) < 4.78 is 23.2. The number of rotatable bonds is 6. The Morgan fingerprint density at radius 2 is 2.00 bits per heavy atom. The van der Waals surface area contributed by atoms with Crippen molar-refractivity contribution >= 4 is 0 Å². The second-order valence-electron chi connectivity index (χ2n) is 7.37. The highest BCUT2D eigenvalue weighted by Gasteiger charge is 2.40. The minimum atomic E-state index is 0.273. The quantitative estimate of drug-likeness (QED) is 0.800. The van der Waals surface area contributed by atoms with Crippen LogP contribution in [0.1, 0.15) is 37.9 Å². The molecule has 3 atom stereocenters. The number of likely N-dealkylation sites (tertiary alicyclic amines) is 1. The van der Waals surface area contributed by atoms with Gasteiger partial charge < -0.3 is 18.6 Å². The van der Waals surface area contributed by atoms with Crippen LogP contribution in [-0.2, 0) is 20.8 Å². The molecule has 0 amide bonds. The first-order valence-electron chi connectivity index (χ1n) is 9.46. The van der Waals surface area contributed by atoms with Crippen LogP contribution < -0.4 is 0 Å². The van der Waals surface area contributed by atoms with Crippen molar-refractivity contribution in [3.63, 3.8) is 0 Å². The normalized spacial score (nSPS) is 32.1. The molecule has 0 unspecified atom stereocenters. The van der Waals surface area contributed by atoms with Crippen molar-refractivity contribution in [2.24, 2.45) is 5.92 Å². The van der Waals surface area contributed by atoms with Crippen molar-refractivity contribution in [2.75, 3.05) is 33.0 Å². The Morgan fingerprint density at radius 3 is 2.83 bits per heavy atom. The molecule has 0 N–H and O–H groups in total. The van der Waals surface area contributed by atoms with Crippen LogP contribution in [-0.4, -0.2) is 56.1 Å². The monoisotopic (exact) mass is 335 g/mol. The third kappa shape index (κ3) is 4.02. The summed E-state index contributed by atoms with van der Waals surface area (Å²) >= 11 is 0. The summed E-state index contributed by atoms with van der Waals surface area (Å²) in [6, 6.07) is 4.57. The average molecular weight is 335 g/mol. The first-order valence-corrected chi connectivity index (χ1v) is 9.46. The Balaban J connectivity index is 1.19. The van der Waals surface area contributed by atoms with Gasteiger partial charge in [-0.3, -0.25) is 4.90 Å².